The van der Waals surface area contributed by atoms with Gasteiger partial charge in [0.25, 0.3) is 8.32 Å². The van der Waals surface area contributed by atoms with E-state index in [4.69, 9.17) is 23.4 Å². The first-order valence-corrected chi connectivity index (χ1v) is 18.0. The number of carbonyl (C=O) groups excluding carboxylic acids is 3. The molecule has 0 spiro atoms. The van der Waals surface area contributed by atoms with E-state index in [0.717, 1.165) is 0 Å². The number of benzene rings is 1. The van der Waals surface area contributed by atoms with Crippen LogP contribution in [0.1, 0.15) is 91.6 Å². The maximum absolute atomic E-state index is 13.9. The molecule has 44 heavy (non-hydrogen) atoms. The maximum Gasteiger partial charge on any atom is 0.414 e. The molecule has 4 atom stereocenters. The molecule has 9 nitrogen and oxygen atoms in total. The van der Waals surface area contributed by atoms with Gasteiger partial charge in [-0.3, -0.25) is 9.69 Å². The number of ketones is 1. The number of fused-ring (bicyclic) bond motifs is 2. The van der Waals surface area contributed by atoms with Gasteiger partial charge in [0, 0.05) is 31.0 Å². The van der Waals surface area contributed by atoms with Gasteiger partial charge < -0.3 is 23.4 Å². The Labute approximate surface area is 263 Å². The molecular formula is C34H49NO8Si. The molecule has 2 heterocycles. The topological polar surface area (TPSA) is 101 Å². The Bertz CT molecular complexity index is 1370. The first kappa shape index (κ1) is 35.3. The van der Waals surface area contributed by atoms with Gasteiger partial charge in [0.15, 0.2) is 17.7 Å². The Morgan fingerprint density at radius 3 is 2.30 bits per heavy atom. The lowest BCUT2D eigenvalue weighted by Crippen LogP contribution is -2.44. The molecule has 10 heteroatoms. The van der Waals surface area contributed by atoms with Crippen molar-refractivity contribution in [3.63, 3.8) is 0 Å². The molecular weight excluding hydrogens is 578 g/mol. The van der Waals surface area contributed by atoms with E-state index in [2.05, 4.69) is 45.7 Å². The van der Waals surface area contributed by atoms with Crippen LogP contribution in [0.5, 0.6) is 5.75 Å². The summed E-state index contributed by atoms with van der Waals surface area (Å²) in [6, 6.07) is 3.33. The first-order chi connectivity index (χ1) is 20.0. The van der Waals surface area contributed by atoms with Gasteiger partial charge in [0.05, 0.1) is 5.69 Å². The zero-order valence-electron chi connectivity index (χ0n) is 28.5. The van der Waals surface area contributed by atoms with Crippen molar-refractivity contribution in [1.29, 1.82) is 0 Å². The number of cyclic esters (lactones) is 1. The second-order valence-corrected chi connectivity index (χ2v) is 19.3. The Morgan fingerprint density at radius 2 is 1.70 bits per heavy atom. The standard InChI is InChI=1S/C34H49NO8Si/c1-21-17-18-25(36)29-26(40-34(9,10)41-29)16-14-15-23-19-24(35(11)31(38)42-32(3,4)5)20-27(28(23)30(37)39-22(21)2)43-44(12,13)33(6,7)8/h17-22,26,29H,16H2,1-13H3/b18-17-/t21-,22+,26+,29-/m1/s1. The molecule has 2 aliphatic rings. The molecule has 0 aliphatic carbocycles. The molecule has 0 unspecified atom stereocenters. The van der Waals surface area contributed by atoms with Crippen molar-refractivity contribution in [1.82, 2.24) is 0 Å². The minimum absolute atomic E-state index is 0.165. The lowest BCUT2D eigenvalue weighted by Gasteiger charge is -2.37. The average molecular weight is 628 g/mol. The van der Waals surface area contributed by atoms with Crippen molar-refractivity contribution >= 4 is 31.9 Å². The predicted molar refractivity (Wildman–Crippen MR) is 172 cm³/mol. The molecule has 0 saturated carbocycles. The third-order valence-corrected chi connectivity index (χ3v) is 12.4. The van der Waals surface area contributed by atoms with Crippen LogP contribution >= 0.6 is 0 Å². The van der Waals surface area contributed by atoms with Gasteiger partial charge in [-0.1, -0.05) is 45.6 Å². The number of nitrogens with zero attached hydrogens (tertiary/aromatic N) is 1. The fraction of sp³-hybridized carbons (Fsp3) is 0.618. The summed E-state index contributed by atoms with van der Waals surface area (Å²) < 4.78 is 30.3. The largest absolute Gasteiger partial charge is 0.543 e. The van der Waals surface area contributed by atoms with Gasteiger partial charge in [-0.15, -0.1) is 0 Å². The van der Waals surface area contributed by atoms with Crippen LogP contribution in [-0.2, 0) is 23.7 Å². The van der Waals surface area contributed by atoms with Crippen LogP contribution in [0, 0.1) is 17.8 Å². The zero-order valence-corrected chi connectivity index (χ0v) is 29.5. The summed E-state index contributed by atoms with van der Waals surface area (Å²) in [6.45, 7) is 23.0. The molecule has 2 aliphatic heterocycles. The highest BCUT2D eigenvalue weighted by Crippen LogP contribution is 2.41. The molecule has 1 aromatic rings. The Balaban J connectivity index is 2.25. The SMILES string of the molecule is C[C@@H]1/C=C\C(=O)[C@H]2OC(C)(C)O[C@H]2CC#Cc2cc(N(C)C(=O)OC(C)(C)C)cc(O[Si](C)(C)C(C)(C)C)c2C(=O)O[C@H]1C. The third-order valence-electron chi connectivity index (χ3n) is 8.10. The van der Waals surface area contributed by atoms with Crippen molar-refractivity contribution in [3.05, 3.63) is 35.4 Å². The Kier molecular flexibility index (Phi) is 10.2. The highest BCUT2D eigenvalue weighted by Gasteiger charge is 2.44. The molecule has 0 N–H and O–H groups in total. The van der Waals surface area contributed by atoms with Crippen molar-refractivity contribution in [2.75, 3.05) is 11.9 Å². The molecule has 1 aromatic carbocycles. The van der Waals surface area contributed by atoms with Gasteiger partial charge in [-0.2, -0.15) is 0 Å². The summed E-state index contributed by atoms with van der Waals surface area (Å²) in [4.78, 5) is 41.5. The monoisotopic (exact) mass is 627 g/mol. The number of hydrogen-bond acceptors (Lipinski definition) is 8. The summed E-state index contributed by atoms with van der Waals surface area (Å²) in [6.07, 6.45) is 0.765. The fourth-order valence-electron chi connectivity index (χ4n) is 4.35. The zero-order chi connectivity index (χ0) is 33.4. The van der Waals surface area contributed by atoms with E-state index in [1.807, 2.05) is 6.92 Å². The third kappa shape index (κ3) is 8.52. The van der Waals surface area contributed by atoms with E-state index in [1.54, 1.807) is 66.8 Å². The number of carbonyl (C=O) groups is 3. The molecule has 0 radical (unpaired) electrons. The molecule has 1 amide bonds. The highest BCUT2D eigenvalue weighted by molar-refractivity contribution is 6.74. The molecule has 0 bridgehead atoms. The van der Waals surface area contributed by atoms with E-state index >= 15 is 0 Å². The summed E-state index contributed by atoms with van der Waals surface area (Å²) in [5, 5.41) is -0.190. The maximum atomic E-state index is 13.9. The van der Waals surface area contributed by atoms with E-state index in [-0.39, 0.29) is 34.5 Å². The van der Waals surface area contributed by atoms with Gasteiger partial charge in [-0.25, -0.2) is 9.59 Å². The normalized spacial score (nSPS) is 24.9. The van der Waals surface area contributed by atoms with E-state index < -0.39 is 50.1 Å². The Morgan fingerprint density at radius 1 is 1.07 bits per heavy atom. The van der Waals surface area contributed by atoms with Crippen LogP contribution in [0.4, 0.5) is 10.5 Å². The van der Waals surface area contributed by atoms with E-state index in [9.17, 15) is 14.4 Å². The summed E-state index contributed by atoms with van der Waals surface area (Å²) in [7, 11) is -0.894. The number of ether oxygens (including phenoxy) is 4. The summed E-state index contributed by atoms with van der Waals surface area (Å²) in [5.41, 5.74) is 0.231. The molecule has 3 rings (SSSR count). The van der Waals surface area contributed by atoms with Gasteiger partial charge >= 0.3 is 12.1 Å². The van der Waals surface area contributed by atoms with Crippen LogP contribution in [0.2, 0.25) is 18.1 Å². The minimum Gasteiger partial charge on any atom is -0.543 e. The smallest absolute Gasteiger partial charge is 0.414 e. The van der Waals surface area contributed by atoms with Crippen molar-refractivity contribution < 1.29 is 37.8 Å². The van der Waals surface area contributed by atoms with Crippen molar-refractivity contribution in [2.45, 2.75) is 123 Å². The summed E-state index contributed by atoms with van der Waals surface area (Å²) >= 11 is 0. The number of hydrogen-bond donors (Lipinski definition) is 0. The second kappa shape index (κ2) is 12.7. The number of rotatable bonds is 3. The number of anilines is 1. The molecule has 1 fully saturated rings. The minimum atomic E-state index is -2.49. The van der Waals surface area contributed by atoms with Crippen molar-refractivity contribution in [2.24, 2.45) is 5.92 Å². The van der Waals surface area contributed by atoms with Gasteiger partial charge in [-0.05, 0) is 71.8 Å². The quantitative estimate of drug-likeness (QED) is 0.200. The Hall–Kier alpha value is -3.13. The lowest BCUT2D eigenvalue weighted by molar-refractivity contribution is -0.152. The van der Waals surface area contributed by atoms with Crippen LogP contribution in [-0.4, -0.2) is 62.9 Å². The fourth-order valence-corrected chi connectivity index (χ4v) is 5.37. The molecule has 242 valence electrons. The number of amides is 1. The van der Waals surface area contributed by atoms with Crippen LogP contribution in [0.15, 0.2) is 24.3 Å². The van der Waals surface area contributed by atoms with Crippen LogP contribution in [0.25, 0.3) is 0 Å². The van der Waals surface area contributed by atoms with E-state index in [1.165, 1.54) is 11.0 Å². The average Bonchev–Trinajstić information content (AvgIpc) is 3.17. The molecule has 0 aromatic heterocycles. The lowest BCUT2D eigenvalue weighted by atomic mass is 10.00. The molecule has 1 saturated heterocycles. The van der Waals surface area contributed by atoms with Crippen LogP contribution < -0.4 is 9.33 Å². The summed E-state index contributed by atoms with van der Waals surface area (Å²) in [5.74, 6) is 4.42. The van der Waals surface area contributed by atoms with Crippen molar-refractivity contribution in [3.8, 4) is 17.6 Å². The first-order valence-electron chi connectivity index (χ1n) is 15.1. The van der Waals surface area contributed by atoms with Gasteiger partial charge in [0.1, 0.15) is 29.1 Å². The highest BCUT2D eigenvalue weighted by atomic mass is 28.4. The van der Waals surface area contributed by atoms with E-state index in [0.29, 0.717) is 11.3 Å². The number of esters is 1. The second-order valence-electron chi connectivity index (χ2n) is 14.6. The van der Waals surface area contributed by atoms with Crippen LogP contribution in [0.3, 0.4) is 0 Å². The predicted octanol–water partition coefficient (Wildman–Crippen LogP) is 7.02. The van der Waals surface area contributed by atoms with Gasteiger partial charge in [0.2, 0.25) is 0 Å².